The molecule has 30 heavy (non-hydrogen) atoms. The van der Waals surface area contributed by atoms with Gasteiger partial charge in [-0.05, 0) is 58.5 Å². The van der Waals surface area contributed by atoms with Crippen LogP contribution in [0, 0.1) is 6.92 Å². The summed E-state index contributed by atoms with van der Waals surface area (Å²) in [4.78, 5) is 19.2. The Hall–Kier alpha value is -2.09. The molecule has 3 aromatic rings. The number of hydrogen-bond donors (Lipinski definition) is 3. The molecule has 2 heterocycles. The van der Waals surface area contributed by atoms with Gasteiger partial charge in [0, 0.05) is 17.8 Å². The molecule has 0 bridgehead atoms. The molecule has 7 nitrogen and oxygen atoms in total. The molecule has 1 atom stereocenters. The van der Waals surface area contributed by atoms with Gasteiger partial charge in [0.15, 0.2) is 0 Å². The third-order valence-electron chi connectivity index (χ3n) is 5.01. The Morgan fingerprint density at radius 3 is 2.53 bits per heavy atom. The lowest BCUT2D eigenvalue weighted by atomic mass is 10.1. The molecular weight excluding hydrogens is 421 g/mol. The van der Waals surface area contributed by atoms with Crippen LogP contribution in [0.25, 0.3) is 11.0 Å². The molecule has 0 saturated carbocycles. The average Bonchev–Trinajstić information content (AvgIpc) is 3.05. The van der Waals surface area contributed by atoms with Crippen molar-refractivity contribution in [2.75, 3.05) is 30.3 Å². The third-order valence-corrected chi connectivity index (χ3v) is 5.73. The zero-order valence-electron chi connectivity index (χ0n) is 17.9. The predicted molar refractivity (Wildman–Crippen MR) is 126 cm³/mol. The van der Waals surface area contributed by atoms with Crippen molar-refractivity contribution < 1.29 is 0 Å². The van der Waals surface area contributed by atoms with Crippen molar-refractivity contribution in [3.63, 3.8) is 0 Å². The van der Waals surface area contributed by atoms with Crippen molar-refractivity contribution in [1.82, 2.24) is 24.8 Å². The molecule has 3 rings (SSSR count). The van der Waals surface area contributed by atoms with E-state index >= 15 is 0 Å². The summed E-state index contributed by atoms with van der Waals surface area (Å²) in [5, 5.41) is 7.57. The van der Waals surface area contributed by atoms with E-state index in [-0.39, 0.29) is 0 Å². The van der Waals surface area contributed by atoms with Crippen molar-refractivity contribution >= 4 is 51.9 Å². The van der Waals surface area contributed by atoms with Crippen molar-refractivity contribution in [1.29, 1.82) is 0 Å². The van der Waals surface area contributed by atoms with Gasteiger partial charge >= 0.3 is 0 Å². The topological polar surface area (TPSA) is 81.8 Å². The first-order valence-electron chi connectivity index (χ1n) is 10.3. The van der Waals surface area contributed by atoms with E-state index in [2.05, 4.69) is 56.2 Å². The molecule has 9 heteroatoms. The summed E-state index contributed by atoms with van der Waals surface area (Å²) in [7, 11) is 0. The van der Waals surface area contributed by atoms with Crippen LogP contribution >= 0.6 is 23.2 Å². The predicted octanol–water partition coefficient (Wildman–Crippen LogP) is 5.63. The van der Waals surface area contributed by atoms with Gasteiger partial charge in [-0.15, -0.1) is 0 Å². The van der Waals surface area contributed by atoms with Crippen LogP contribution in [-0.4, -0.2) is 50.5 Å². The van der Waals surface area contributed by atoms with Crippen LogP contribution < -0.4 is 10.6 Å². The van der Waals surface area contributed by atoms with Gasteiger partial charge in [-0.1, -0.05) is 37.0 Å². The van der Waals surface area contributed by atoms with Gasteiger partial charge in [-0.2, -0.15) is 4.98 Å². The summed E-state index contributed by atoms with van der Waals surface area (Å²) < 4.78 is 0. The molecule has 0 aliphatic heterocycles. The minimum Gasteiger partial charge on any atom is -0.367 e. The van der Waals surface area contributed by atoms with Crippen molar-refractivity contribution in [3.8, 4) is 0 Å². The summed E-state index contributed by atoms with van der Waals surface area (Å²) in [6.45, 7) is 11.8. The molecule has 0 aliphatic rings. The number of hydrogen-bond acceptors (Lipinski definition) is 6. The van der Waals surface area contributed by atoms with E-state index in [0.29, 0.717) is 28.0 Å². The second-order valence-electron chi connectivity index (χ2n) is 7.43. The highest BCUT2D eigenvalue weighted by Gasteiger charge is 2.11. The summed E-state index contributed by atoms with van der Waals surface area (Å²) in [5.74, 6) is 1.80. The first kappa shape index (κ1) is 22.6. The van der Waals surface area contributed by atoms with Gasteiger partial charge in [-0.3, -0.25) is 5.32 Å². The highest BCUT2D eigenvalue weighted by molar-refractivity contribution is 6.42. The molecule has 2 aromatic heterocycles. The number of aryl methyl sites for hydroxylation is 1. The first-order valence-corrected chi connectivity index (χ1v) is 11.1. The Balaban J connectivity index is 1.65. The van der Waals surface area contributed by atoms with Crippen molar-refractivity contribution in [2.45, 2.75) is 46.6 Å². The standard InChI is InChI=1S/C21H29Cl2N7/c1-5-30(6-2)9-7-8-13(3)24-19-10-14(4)25-20(28-19)29-21-26-17-11-15(22)16(23)12-18(17)27-21/h10-13H,5-9H2,1-4H3,(H3,24,25,26,27,28,29). The summed E-state index contributed by atoms with van der Waals surface area (Å²) in [5.41, 5.74) is 2.38. The third kappa shape index (κ3) is 5.97. The van der Waals surface area contributed by atoms with Crippen LogP contribution in [0.4, 0.5) is 17.7 Å². The quantitative estimate of drug-likeness (QED) is 0.371. The van der Waals surface area contributed by atoms with Gasteiger partial charge in [-0.25, -0.2) is 9.97 Å². The highest BCUT2D eigenvalue weighted by atomic mass is 35.5. The molecule has 0 spiro atoms. The van der Waals surface area contributed by atoms with Crippen LogP contribution in [0.1, 0.15) is 39.3 Å². The van der Waals surface area contributed by atoms with Gasteiger partial charge in [0.2, 0.25) is 11.9 Å². The molecular formula is C21H29Cl2N7. The number of H-pyrrole nitrogens is 1. The molecule has 0 aliphatic carbocycles. The molecule has 3 N–H and O–H groups in total. The number of aromatic amines is 1. The smallest absolute Gasteiger partial charge is 0.231 e. The minimum atomic E-state index is 0.318. The lowest BCUT2D eigenvalue weighted by Crippen LogP contribution is -2.25. The lowest BCUT2D eigenvalue weighted by Gasteiger charge is -2.20. The van der Waals surface area contributed by atoms with E-state index in [1.54, 1.807) is 12.1 Å². The van der Waals surface area contributed by atoms with E-state index in [9.17, 15) is 0 Å². The van der Waals surface area contributed by atoms with Gasteiger partial charge in [0.05, 0.1) is 21.1 Å². The number of imidazole rings is 1. The van der Waals surface area contributed by atoms with Crippen LogP contribution in [0.5, 0.6) is 0 Å². The minimum absolute atomic E-state index is 0.318. The number of benzene rings is 1. The fourth-order valence-corrected chi connectivity index (χ4v) is 3.68. The lowest BCUT2D eigenvalue weighted by molar-refractivity contribution is 0.295. The second-order valence-corrected chi connectivity index (χ2v) is 8.24. The molecule has 1 aromatic carbocycles. The van der Waals surface area contributed by atoms with Crippen molar-refractivity contribution in [2.24, 2.45) is 0 Å². The van der Waals surface area contributed by atoms with E-state index < -0.39 is 0 Å². The first-order chi connectivity index (χ1) is 14.4. The summed E-state index contributed by atoms with van der Waals surface area (Å²) in [6, 6.07) is 5.74. The molecule has 0 radical (unpaired) electrons. The van der Waals surface area contributed by atoms with E-state index in [1.807, 2.05) is 13.0 Å². The number of nitrogens with one attached hydrogen (secondary N) is 3. The highest BCUT2D eigenvalue weighted by Crippen LogP contribution is 2.28. The molecule has 162 valence electrons. The Morgan fingerprint density at radius 1 is 1.07 bits per heavy atom. The van der Waals surface area contributed by atoms with Crippen molar-refractivity contribution in [3.05, 3.63) is 33.9 Å². The van der Waals surface area contributed by atoms with Crippen LogP contribution in [0.2, 0.25) is 10.0 Å². The van der Waals surface area contributed by atoms with Crippen LogP contribution in [0.3, 0.4) is 0 Å². The monoisotopic (exact) mass is 449 g/mol. The SMILES string of the molecule is CCN(CC)CCCC(C)Nc1cc(C)nc(Nc2nc3cc(Cl)c(Cl)cc3[nH]2)n1. The average molecular weight is 450 g/mol. The van der Waals surface area contributed by atoms with Gasteiger partial charge in [0.1, 0.15) is 5.82 Å². The number of aromatic nitrogens is 4. The second kappa shape index (κ2) is 10.3. The number of fused-ring (bicyclic) bond motifs is 1. The molecule has 0 saturated heterocycles. The fourth-order valence-electron chi connectivity index (χ4n) is 3.35. The number of halogens is 2. The van der Waals surface area contributed by atoms with Gasteiger partial charge < -0.3 is 15.2 Å². The van der Waals surface area contributed by atoms with Crippen LogP contribution in [-0.2, 0) is 0 Å². The molecule has 0 fully saturated rings. The largest absolute Gasteiger partial charge is 0.367 e. The van der Waals surface area contributed by atoms with E-state index in [4.69, 9.17) is 23.2 Å². The van der Waals surface area contributed by atoms with Gasteiger partial charge in [0.25, 0.3) is 0 Å². The maximum atomic E-state index is 6.08. The Morgan fingerprint density at radius 2 is 1.80 bits per heavy atom. The van der Waals surface area contributed by atoms with E-state index in [0.717, 1.165) is 55.0 Å². The Bertz CT molecular complexity index is 946. The molecule has 1 unspecified atom stereocenters. The zero-order chi connectivity index (χ0) is 21.7. The zero-order valence-corrected chi connectivity index (χ0v) is 19.4. The van der Waals surface area contributed by atoms with Crippen LogP contribution in [0.15, 0.2) is 18.2 Å². The normalized spacial score (nSPS) is 12.5. The Labute approximate surface area is 187 Å². The number of rotatable bonds is 10. The number of nitrogens with zero attached hydrogens (tertiary/aromatic N) is 4. The maximum Gasteiger partial charge on any atom is 0.231 e. The molecule has 0 amide bonds. The maximum absolute atomic E-state index is 6.08. The summed E-state index contributed by atoms with van der Waals surface area (Å²) >= 11 is 12.2. The Kier molecular flexibility index (Phi) is 7.75. The summed E-state index contributed by atoms with van der Waals surface area (Å²) in [6.07, 6.45) is 2.22. The van der Waals surface area contributed by atoms with E-state index in [1.165, 1.54) is 0 Å². The fraction of sp³-hybridized carbons (Fsp3) is 0.476. The number of anilines is 3.